The number of anilines is 1. The summed E-state index contributed by atoms with van der Waals surface area (Å²) in [7, 11) is 2.10. The van der Waals surface area contributed by atoms with Crippen molar-refractivity contribution in [2.24, 2.45) is 0 Å². The first kappa shape index (κ1) is 14.1. The van der Waals surface area contributed by atoms with Crippen molar-refractivity contribution >= 4 is 5.82 Å². The van der Waals surface area contributed by atoms with Crippen LogP contribution in [0.15, 0.2) is 24.8 Å². The van der Waals surface area contributed by atoms with Gasteiger partial charge in [0.05, 0.1) is 0 Å². The van der Waals surface area contributed by atoms with Gasteiger partial charge < -0.3 is 10.2 Å². The molecule has 1 aromatic heterocycles. The summed E-state index contributed by atoms with van der Waals surface area (Å²) in [5, 5.41) is 3.54. The SMILES string of the molecule is C=CCCCN(C)c1ccc(CNC2CC2)c(C)n1. The summed E-state index contributed by atoms with van der Waals surface area (Å²) in [6, 6.07) is 5.09. The Hall–Kier alpha value is -1.35. The molecule has 0 atom stereocenters. The lowest BCUT2D eigenvalue weighted by Gasteiger charge is -2.19. The average molecular weight is 259 g/mol. The number of rotatable bonds is 8. The maximum absolute atomic E-state index is 4.71. The van der Waals surface area contributed by atoms with Gasteiger partial charge in [-0.15, -0.1) is 6.58 Å². The van der Waals surface area contributed by atoms with Gasteiger partial charge in [0.25, 0.3) is 0 Å². The maximum Gasteiger partial charge on any atom is 0.128 e. The number of unbranched alkanes of at least 4 members (excludes halogenated alkanes) is 1. The summed E-state index contributed by atoms with van der Waals surface area (Å²) in [6.07, 6.45) is 6.82. The monoisotopic (exact) mass is 259 g/mol. The molecular weight excluding hydrogens is 234 g/mol. The molecule has 0 radical (unpaired) electrons. The highest BCUT2D eigenvalue weighted by Gasteiger charge is 2.20. The molecular formula is C16H25N3. The Labute approximate surface area is 116 Å². The largest absolute Gasteiger partial charge is 0.360 e. The molecule has 1 fully saturated rings. The summed E-state index contributed by atoms with van der Waals surface area (Å²) in [5.41, 5.74) is 2.45. The van der Waals surface area contributed by atoms with Crippen LogP contribution in [0.5, 0.6) is 0 Å². The van der Waals surface area contributed by atoms with E-state index in [2.05, 4.69) is 42.9 Å². The Morgan fingerprint density at radius 1 is 1.47 bits per heavy atom. The lowest BCUT2D eigenvalue weighted by Crippen LogP contribution is -2.21. The molecule has 1 aliphatic carbocycles. The molecule has 0 spiro atoms. The molecule has 3 nitrogen and oxygen atoms in total. The van der Waals surface area contributed by atoms with Crippen LogP contribution in [-0.4, -0.2) is 24.6 Å². The van der Waals surface area contributed by atoms with Crippen LogP contribution >= 0.6 is 0 Å². The van der Waals surface area contributed by atoms with Crippen molar-refractivity contribution in [2.75, 3.05) is 18.5 Å². The minimum absolute atomic E-state index is 0.751. The first-order valence-electron chi connectivity index (χ1n) is 7.22. The second-order valence-electron chi connectivity index (χ2n) is 5.42. The molecule has 1 saturated carbocycles. The molecule has 1 heterocycles. The van der Waals surface area contributed by atoms with Crippen LogP contribution in [0.4, 0.5) is 5.82 Å². The van der Waals surface area contributed by atoms with Crippen molar-refractivity contribution in [1.82, 2.24) is 10.3 Å². The first-order valence-corrected chi connectivity index (χ1v) is 7.22. The fraction of sp³-hybridized carbons (Fsp3) is 0.562. The van der Waals surface area contributed by atoms with Crippen molar-refractivity contribution in [3.05, 3.63) is 36.0 Å². The predicted molar refractivity (Wildman–Crippen MR) is 81.5 cm³/mol. The van der Waals surface area contributed by atoms with Gasteiger partial charge in [0, 0.05) is 31.9 Å². The van der Waals surface area contributed by atoms with E-state index in [1.165, 1.54) is 18.4 Å². The van der Waals surface area contributed by atoms with Gasteiger partial charge in [-0.1, -0.05) is 12.1 Å². The molecule has 3 heteroatoms. The number of pyridine rings is 1. The maximum atomic E-state index is 4.71. The Balaban J connectivity index is 1.90. The van der Waals surface area contributed by atoms with Crippen LogP contribution in [0.1, 0.15) is 36.9 Å². The van der Waals surface area contributed by atoms with Crippen molar-refractivity contribution < 1.29 is 0 Å². The van der Waals surface area contributed by atoms with Crippen molar-refractivity contribution in [1.29, 1.82) is 0 Å². The Morgan fingerprint density at radius 3 is 2.89 bits per heavy atom. The van der Waals surface area contributed by atoms with Crippen molar-refractivity contribution in [2.45, 2.75) is 45.2 Å². The van der Waals surface area contributed by atoms with E-state index in [1.54, 1.807) is 0 Å². The smallest absolute Gasteiger partial charge is 0.128 e. The Kier molecular flexibility index (Phi) is 4.97. The highest BCUT2D eigenvalue weighted by molar-refractivity contribution is 5.40. The second-order valence-corrected chi connectivity index (χ2v) is 5.42. The van der Waals surface area contributed by atoms with E-state index in [0.29, 0.717) is 0 Å². The molecule has 0 unspecified atom stereocenters. The average Bonchev–Trinajstić information content (AvgIpc) is 3.21. The lowest BCUT2D eigenvalue weighted by molar-refractivity contribution is 0.681. The third kappa shape index (κ3) is 4.35. The molecule has 19 heavy (non-hydrogen) atoms. The van der Waals surface area contributed by atoms with Gasteiger partial charge in [0.2, 0.25) is 0 Å². The Bertz CT molecular complexity index is 424. The molecule has 1 aromatic rings. The molecule has 104 valence electrons. The summed E-state index contributed by atoms with van der Waals surface area (Å²) in [6.45, 7) is 7.83. The summed E-state index contributed by atoms with van der Waals surface area (Å²) in [4.78, 5) is 6.93. The Morgan fingerprint density at radius 2 is 2.26 bits per heavy atom. The highest BCUT2D eigenvalue weighted by atomic mass is 15.2. The zero-order valence-electron chi connectivity index (χ0n) is 12.2. The van der Waals surface area contributed by atoms with E-state index in [9.17, 15) is 0 Å². The third-order valence-corrected chi connectivity index (χ3v) is 3.63. The van der Waals surface area contributed by atoms with E-state index < -0.39 is 0 Å². The minimum atomic E-state index is 0.751. The van der Waals surface area contributed by atoms with E-state index in [4.69, 9.17) is 4.98 Å². The molecule has 0 saturated heterocycles. The number of nitrogens with one attached hydrogen (secondary N) is 1. The zero-order chi connectivity index (χ0) is 13.7. The van der Waals surface area contributed by atoms with Gasteiger partial charge in [-0.3, -0.25) is 0 Å². The zero-order valence-corrected chi connectivity index (χ0v) is 12.2. The van der Waals surface area contributed by atoms with Gasteiger partial charge in [-0.05, 0) is 44.2 Å². The molecule has 0 amide bonds. The summed E-state index contributed by atoms with van der Waals surface area (Å²) < 4.78 is 0. The fourth-order valence-electron chi connectivity index (χ4n) is 2.11. The van der Waals surface area contributed by atoms with Gasteiger partial charge in [0.1, 0.15) is 5.82 Å². The van der Waals surface area contributed by atoms with E-state index in [0.717, 1.165) is 43.5 Å². The predicted octanol–water partition coefficient (Wildman–Crippen LogP) is 3.04. The number of nitrogens with zero attached hydrogens (tertiary/aromatic N) is 2. The van der Waals surface area contributed by atoms with Crippen molar-refractivity contribution in [3.63, 3.8) is 0 Å². The highest BCUT2D eigenvalue weighted by Crippen LogP contribution is 2.20. The number of aryl methyl sites for hydroxylation is 1. The van der Waals surface area contributed by atoms with Crippen LogP contribution < -0.4 is 10.2 Å². The van der Waals surface area contributed by atoms with E-state index in [-0.39, 0.29) is 0 Å². The van der Waals surface area contributed by atoms with E-state index in [1.807, 2.05) is 6.08 Å². The molecule has 1 aliphatic rings. The number of allylic oxidation sites excluding steroid dienone is 1. The van der Waals surface area contributed by atoms with Crippen molar-refractivity contribution in [3.8, 4) is 0 Å². The first-order chi connectivity index (χ1) is 9.20. The van der Waals surface area contributed by atoms with Crippen LogP contribution in [0.25, 0.3) is 0 Å². The van der Waals surface area contributed by atoms with E-state index >= 15 is 0 Å². The van der Waals surface area contributed by atoms with Crippen LogP contribution in [-0.2, 0) is 6.54 Å². The van der Waals surface area contributed by atoms with Gasteiger partial charge in [-0.2, -0.15) is 0 Å². The van der Waals surface area contributed by atoms with Crippen LogP contribution in [0.3, 0.4) is 0 Å². The fourth-order valence-corrected chi connectivity index (χ4v) is 2.11. The minimum Gasteiger partial charge on any atom is -0.360 e. The molecule has 0 aliphatic heterocycles. The molecule has 2 rings (SSSR count). The number of aromatic nitrogens is 1. The summed E-state index contributed by atoms with van der Waals surface area (Å²) in [5.74, 6) is 1.07. The quantitative estimate of drug-likeness (QED) is 0.574. The molecule has 0 aromatic carbocycles. The van der Waals surface area contributed by atoms with Gasteiger partial charge in [-0.25, -0.2) is 4.98 Å². The lowest BCUT2D eigenvalue weighted by atomic mass is 10.2. The van der Waals surface area contributed by atoms with Gasteiger partial charge >= 0.3 is 0 Å². The number of hydrogen-bond donors (Lipinski definition) is 1. The van der Waals surface area contributed by atoms with Crippen LogP contribution in [0, 0.1) is 6.92 Å². The molecule has 0 bridgehead atoms. The standard InChI is InChI=1S/C16H25N3/c1-4-5-6-11-19(3)16-10-7-14(13(2)18-16)12-17-15-8-9-15/h4,7,10,15,17H,1,5-6,8-9,11-12H2,2-3H3. The second kappa shape index (κ2) is 6.71. The number of hydrogen-bond acceptors (Lipinski definition) is 3. The van der Waals surface area contributed by atoms with Gasteiger partial charge in [0.15, 0.2) is 0 Å². The topological polar surface area (TPSA) is 28.2 Å². The third-order valence-electron chi connectivity index (χ3n) is 3.63. The normalized spacial score (nSPS) is 14.4. The molecule has 1 N–H and O–H groups in total. The van der Waals surface area contributed by atoms with Crippen LogP contribution in [0.2, 0.25) is 0 Å². The summed E-state index contributed by atoms with van der Waals surface area (Å²) >= 11 is 0.